The minimum absolute atomic E-state index is 0.0521. The first-order valence-electron chi connectivity index (χ1n) is 5.58. The Labute approximate surface area is 121 Å². The molecule has 18 heavy (non-hydrogen) atoms. The molecule has 1 aromatic rings. The summed E-state index contributed by atoms with van der Waals surface area (Å²) in [6.07, 6.45) is 5.00. The van der Waals surface area contributed by atoms with Crippen molar-refractivity contribution in [2.75, 3.05) is 7.05 Å². The predicted octanol–water partition coefficient (Wildman–Crippen LogP) is 4.86. The topological polar surface area (TPSA) is 20.3 Å². The van der Waals surface area contributed by atoms with Crippen LogP contribution >= 0.6 is 27.3 Å². The van der Waals surface area contributed by atoms with Gasteiger partial charge in [0.2, 0.25) is 0 Å². The highest BCUT2D eigenvalue weighted by molar-refractivity contribution is 9.11. The van der Waals surface area contributed by atoms with Gasteiger partial charge in [0.15, 0.2) is 0 Å². The van der Waals surface area contributed by atoms with Gasteiger partial charge in [0.1, 0.15) is 0 Å². The molecule has 1 rings (SSSR count). The molecule has 0 aliphatic carbocycles. The molecule has 0 bridgehead atoms. The Balaban J connectivity index is 0.00000137. The summed E-state index contributed by atoms with van der Waals surface area (Å²) in [5.41, 5.74) is 0.726. The molecule has 98 valence electrons. The van der Waals surface area contributed by atoms with E-state index in [1.54, 1.807) is 36.2 Å². The molecule has 0 saturated heterocycles. The maximum Gasteiger partial charge on any atom is 0.268 e. The second-order valence-electron chi connectivity index (χ2n) is 3.00. The molecular formula is C14H18BrNOS. The van der Waals surface area contributed by atoms with Crippen LogP contribution in [0.15, 0.2) is 53.0 Å². The first-order chi connectivity index (χ1) is 8.60. The summed E-state index contributed by atoms with van der Waals surface area (Å²) in [4.78, 5) is 14.3. The zero-order valence-electron chi connectivity index (χ0n) is 10.9. The van der Waals surface area contributed by atoms with E-state index in [0.717, 1.165) is 9.48 Å². The summed E-state index contributed by atoms with van der Waals surface area (Å²) in [6.45, 7) is 11.3. The van der Waals surface area contributed by atoms with Crippen molar-refractivity contribution in [1.29, 1.82) is 0 Å². The molecule has 0 N–H and O–H groups in total. The third-order valence-electron chi connectivity index (χ3n) is 1.97. The zero-order valence-corrected chi connectivity index (χ0v) is 13.3. The number of hydrogen-bond acceptors (Lipinski definition) is 2. The summed E-state index contributed by atoms with van der Waals surface area (Å²) >= 11 is 4.74. The number of nitrogens with zero attached hydrogens (tertiary/aromatic N) is 1. The van der Waals surface area contributed by atoms with Gasteiger partial charge in [-0.15, -0.1) is 11.3 Å². The highest BCUT2D eigenvalue weighted by Gasteiger charge is 2.15. The molecule has 0 spiro atoms. The Morgan fingerprint density at radius 2 is 2.00 bits per heavy atom. The number of halogens is 1. The summed E-state index contributed by atoms with van der Waals surface area (Å²) in [5.74, 6) is -0.0521. The standard InChI is InChI=1S/C12H12BrNOS.C2H6/c1-4-6-9(5-2)14(3)12(15)10-7-8-11(13)16-10;1-2/h4-8H,1-2H2,3H3;1-2H3/b9-6+;. The fourth-order valence-corrected chi connectivity index (χ4v) is 2.51. The van der Waals surface area contributed by atoms with E-state index >= 15 is 0 Å². The molecule has 0 aliphatic heterocycles. The lowest BCUT2D eigenvalue weighted by atomic mass is 10.3. The monoisotopic (exact) mass is 327 g/mol. The third-order valence-corrected chi connectivity index (χ3v) is 3.59. The van der Waals surface area contributed by atoms with Crippen LogP contribution in [0.4, 0.5) is 0 Å². The van der Waals surface area contributed by atoms with Crippen LogP contribution in [0.5, 0.6) is 0 Å². The second-order valence-corrected chi connectivity index (χ2v) is 5.46. The van der Waals surface area contributed by atoms with E-state index in [1.165, 1.54) is 11.3 Å². The number of rotatable bonds is 4. The molecule has 0 fully saturated rings. The Morgan fingerprint density at radius 1 is 1.39 bits per heavy atom. The van der Waals surface area contributed by atoms with E-state index in [1.807, 2.05) is 19.9 Å². The average molecular weight is 328 g/mol. The van der Waals surface area contributed by atoms with Gasteiger partial charge >= 0.3 is 0 Å². The van der Waals surface area contributed by atoms with Gasteiger partial charge in [0.25, 0.3) is 5.91 Å². The maximum atomic E-state index is 12.0. The van der Waals surface area contributed by atoms with Crippen LogP contribution in [0.3, 0.4) is 0 Å². The molecule has 0 unspecified atom stereocenters. The number of thiophene rings is 1. The summed E-state index contributed by atoms with van der Waals surface area (Å²) in [5, 5.41) is 0. The van der Waals surface area contributed by atoms with Gasteiger partial charge in [-0.2, -0.15) is 0 Å². The molecular weight excluding hydrogens is 310 g/mol. The summed E-state index contributed by atoms with van der Waals surface area (Å²) < 4.78 is 0.942. The largest absolute Gasteiger partial charge is 0.311 e. The molecule has 1 amide bonds. The summed E-state index contributed by atoms with van der Waals surface area (Å²) in [6, 6.07) is 3.65. The Kier molecular flexibility index (Phi) is 8.33. The number of amides is 1. The fraction of sp³-hybridized carbons (Fsp3) is 0.214. The average Bonchev–Trinajstić information content (AvgIpc) is 2.83. The molecule has 1 heterocycles. The quantitative estimate of drug-likeness (QED) is 0.723. The van der Waals surface area contributed by atoms with Crippen molar-refractivity contribution in [3.8, 4) is 0 Å². The van der Waals surface area contributed by atoms with Crippen molar-refractivity contribution < 1.29 is 4.79 Å². The molecule has 0 radical (unpaired) electrons. The van der Waals surface area contributed by atoms with Crippen molar-refractivity contribution in [2.45, 2.75) is 13.8 Å². The molecule has 0 aromatic carbocycles. The highest BCUT2D eigenvalue weighted by atomic mass is 79.9. The maximum absolute atomic E-state index is 12.0. The van der Waals surface area contributed by atoms with Crippen LogP contribution in [0.2, 0.25) is 0 Å². The van der Waals surface area contributed by atoms with E-state index in [2.05, 4.69) is 29.1 Å². The molecule has 4 heteroatoms. The minimum Gasteiger partial charge on any atom is -0.311 e. The number of allylic oxidation sites excluding steroid dienone is 3. The number of carbonyl (C=O) groups is 1. The third kappa shape index (κ3) is 4.63. The van der Waals surface area contributed by atoms with Gasteiger partial charge in [-0.05, 0) is 40.2 Å². The highest BCUT2D eigenvalue weighted by Crippen LogP contribution is 2.24. The Bertz CT molecular complexity index is 448. The lowest BCUT2D eigenvalue weighted by molar-refractivity contribution is 0.0845. The van der Waals surface area contributed by atoms with Gasteiger partial charge in [-0.3, -0.25) is 4.79 Å². The second kappa shape index (κ2) is 8.89. The first kappa shape index (κ1) is 16.9. The van der Waals surface area contributed by atoms with Crippen molar-refractivity contribution in [3.63, 3.8) is 0 Å². The number of hydrogen-bond donors (Lipinski definition) is 0. The summed E-state index contributed by atoms with van der Waals surface area (Å²) in [7, 11) is 1.72. The fourth-order valence-electron chi connectivity index (χ4n) is 1.15. The van der Waals surface area contributed by atoms with E-state index in [9.17, 15) is 4.79 Å². The Morgan fingerprint density at radius 3 is 2.39 bits per heavy atom. The number of likely N-dealkylation sites (N-methyl/N-ethyl adjacent to an activating group) is 1. The minimum atomic E-state index is -0.0521. The van der Waals surface area contributed by atoms with Gasteiger partial charge in [0, 0.05) is 12.7 Å². The van der Waals surface area contributed by atoms with Crippen LogP contribution in [-0.4, -0.2) is 17.9 Å². The first-order valence-corrected chi connectivity index (χ1v) is 7.19. The van der Waals surface area contributed by atoms with E-state index in [-0.39, 0.29) is 5.91 Å². The van der Waals surface area contributed by atoms with Crippen LogP contribution in [0, 0.1) is 0 Å². The molecule has 0 atom stereocenters. The van der Waals surface area contributed by atoms with Crippen molar-refractivity contribution in [2.24, 2.45) is 0 Å². The lowest BCUT2D eigenvalue weighted by Crippen LogP contribution is -2.24. The van der Waals surface area contributed by atoms with Crippen LogP contribution < -0.4 is 0 Å². The van der Waals surface area contributed by atoms with Crippen molar-refractivity contribution in [1.82, 2.24) is 4.90 Å². The van der Waals surface area contributed by atoms with Crippen molar-refractivity contribution >= 4 is 33.2 Å². The van der Waals surface area contributed by atoms with Crippen LogP contribution in [0.1, 0.15) is 23.5 Å². The Hall–Kier alpha value is -1.13. The number of carbonyl (C=O) groups excluding carboxylic acids is 1. The molecule has 0 aliphatic rings. The van der Waals surface area contributed by atoms with Gasteiger partial charge in [0.05, 0.1) is 8.66 Å². The SMILES string of the molecule is C=C/C=C(\C=C)N(C)C(=O)c1ccc(Br)s1.CC. The molecule has 0 saturated carbocycles. The van der Waals surface area contributed by atoms with E-state index in [4.69, 9.17) is 0 Å². The van der Waals surface area contributed by atoms with Gasteiger partial charge in [-0.1, -0.05) is 33.1 Å². The van der Waals surface area contributed by atoms with Crippen LogP contribution in [0.25, 0.3) is 0 Å². The molecule has 1 aromatic heterocycles. The van der Waals surface area contributed by atoms with Crippen molar-refractivity contribution in [3.05, 3.63) is 57.9 Å². The smallest absolute Gasteiger partial charge is 0.268 e. The zero-order chi connectivity index (χ0) is 14.1. The lowest BCUT2D eigenvalue weighted by Gasteiger charge is -2.16. The van der Waals surface area contributed by atoms with E-state index in [0.29, 0.717) is 4.88 Å². The predicted molar refractivity (Wildman–Crippen MR) is 83.9 cm³/mol. The van der Waals surface area contributed by atoms with Gasteiger partial charge in [-0.25, -0.2) is 0 Å². The van der Waals surface area contributed by atoms with Gasteiger partial charge < -0.3 is 4.90 Å². The normalized spacial score (nSPS) is 10.1. The van der Waals surface area contributed by atoms with E-state index < -0.39 is 0 Å². The molecule has 2 nitrogen and oxygen atoms in total. The van der Waals surface area contributed by atoms with Crippen LogP contribution in [-0.2, 0) is 0 Å².